The van der Waals surface area contributed by atoms with Gasteiger partial charge in [0.05, 0.1) is 31.2 Å². The molecule has 4 amide bonds. The number of carbonyl (C=O) groups is 5. The summed E-state index contributed by atoms with van der Waals surface area (Å²) in [5.74, 6) is -0.219. The second-order valence-corrected chi connectivity index (χ2v) is 11.4. The topological polar surface area (TPSA) is 146 Å². The molecule has 278 valence electrons. The van der Waals surface area contributed by atoms with E-state index in [1.807, 2.05) is 90.5 Å². The van der Waals surface area contributed by atoms with Crippen LogP contribution in [-0.2, 0) is 30.4 Å². The molecule has 3 heterocycles. The van der Waals surface area contributed by atoms with E-state index in [1.54, 1.807) is 16.7 Å². The van der Waals surface area contributed by atoms with Crippen molar-refractivity contribution < 1.29 is 38.6 Å². The molecule has 12 nitrogen and oxygen atoms in total. The number of carbonyl (C=O) groups excluding carboxylic acids is 5. The van der Waals surface area contributed by atoms with Gasteiger partial charge >= 0.3 is 12.2 Å². The standard InChI is InChI=1S/C33H44N4O7.2C2H6.CH2O/c1-6-15-44-33(42)36-19-27(17-28(36)25-11-9-23(10-12-25)18-34-32(41)43-8-3)35-14-13-26(31(35)40)16-24(7-2)29(20-38)37-22(5)21(4)30(37)39;3*1-2/h6,9-12,16,21-22,27-28,38H,1,7-8,13-15,17-20H2,2-5H3,(H,34,41);2*1-2H3;1H2/b26-16+,29-24+;;;/t21?,22?,27?,28-;;;/m1.../s1. The lowest BCUT2D eigenvalue weighted by molar-refractivity contribution is -0.150. The molecule has 0 bridgehead atoms. The van der Waals surface area contributed by atoms with Gasteiger partial charge in [0, 0.05) is 36.9 Å². The van der Waals surface area contributed by atoms with Crippen LogP contribution in [0.1, 0.15) is 91.8 Å². The van der Waals surface area contributed by atoms with E-state index in [2.05, 4.69) is 11.9 Å². The van der Waals surface area contributed by atoms with Crippen LogP contribution in [0, 0.1) is 5.92 Å². The minimum atomic E-state index is -0.484. The highest BCUT2D eigenvalue weighted by molar-refractivity contribution is 5.96. The fourth-order valence-electron chi connectivity index (χ4n) is 6.18. The summed E-state index contributed by atoms with van der Waals surface area (Å²) in [6.45, 7) is 22.4. The lowest BCUT2D eigenvalue weighted by Crippen LogP contribution is -2.58. The van der Waals surface area contributed by atoms with E-state index < -0.39 is 12.2 Å². The van der Waals surface area contributed by atoms with Crippen molar-refractivity contribution in [2.75, 3.05) is 32.9 Å². The van der Waals surface area contributed by atoms with Crippen LogP contribution in [0.4, 0.5) is 9.59 Å². The molecular weight excluding hydrogens is 640 g/mol. The summed E-state index contributed by atoms with van der Waals surface area (Å²) in [4.78, 5) is 64.1. The Kier molecular flexibility index (Phi) is 19.4. The molecule has 3 aliphatic rings. The number of amides is 4. The van der Waals surface area contributed by atoms with Gasteiger partial charge in [-0.1, -0.05) is 78.5 Å². The smallest absolute Gasteiger partial charge is 0.410 e. The molecular formula is C38H58N4O8. The summed E-state index contributed by atoms with van der Waals surface area (Å²) >= 11 is 0. The Morgan fingerprint density at radius 2 is 1.68 bits per heavy atom. The highest BCUT2D eigenvalue weighted by Crippen LogP contribution is 2.38. The van der Waals surface area contributed by atoms with Crippen LogP contribution < -0.4 is 5.32 Å². The monoisotopic (exact) mass is 698 g/mol. The fraction of sp³-hybridized carbons (Fsp3) is 0.553. The van der Waals surface area contributed by atoms with Gasteiger partial charge in [-0.3, -0.25) is 14.5 Å². The number of rotatable bonds is 11. The van der Waals surface area contributed by atoms with Crippen LogP contribution in [0.3, 0.4) is 0 Å². The quantitative estimate of drug-likeness (QED) is 0.165. The first kappa shape index (κ1) is 43.6. The van der Waals surface area contributed by atoms with Crippen molar-refractivity contribution in [1.82, 2.24) is 20.0 Å². The van der Waals surface area contributed by atoms with E-state index >= 15 is 0 Å². The maximum atomic E-state index is 13.7. The highest BCUT2D eigenvalue weighted by atomic mass is 16.6. The summed E-state index contributed by atoms with van der Waals surface area (Å²) in [6, 6.07) is 7.10. The minimum absolute atomic E-state index is 0.00877. The van der Waals surface area contributed by atoms with Crippen LogP contribution in [0.5, 0.6) is 0 Å². The van der Waals surface area contributed by atoms with Crippen molar-refractivity contribution in [3.8, 4) is 0 Å². The molecule has 3 saturated heterocycles. The van der Waals surface area contributed by atoms with E-state index in [0.717, 1.165) is 16.7 Å². The van der Waals surface area contributed by atoms with Crippen LogP contribution in [0.25, 0.3) is 0 Å². The number of likely N-dealkylation sites (tertiary alicyclic amines) is 3. The Morgan fingerprint density at radius 1 is 1.04 bits per heavy atom. The first-order chi connectivity index (χ1) is 24.1. The number of hydrogen-bond acceptors (Lipinski definition) is 8. The Morgan fingerprint density at radius 3 is 2.22 bits per heavy atom. The molecule has 0 aromatic heterocycles. The summed E-state index contributed by atoms with van der Waals surface area (Å²) in [5, 5.41) is 12.9. The molecule has 4 atom stereocenters. The van der Waals surface area contributed by atoms with Gasteiger partial charge in [0.25, 0.3) is 0 Å². The van der Waals surface area contributed by atoms with Crippen molar-refractivity contribution in [2.24, 2.45) is 5.92 Å². The largest absolute Gasteiger partial charge is 0.450 e. The molecule has 12 heteroatoms. The molecule has 0 saturated carbocycles. The second kappa shape index (κ2) is 22.3. The Bertz CT molecular complexity index is 1340. The van der Waals surface area contributed by atoms with Crippen molar-refractivity contribution in [2.45, 2.75) is 99.3 Å². The van der Waals surface area contributed by atoms with E-state index in [4.69, 9.17) is 14.3 Å². The zero-order valence-electron chi connectivity index (χ0n) is 31.2. The van der Waals surface area contributed by atoms with Crippen LogP contribution in [0.15, 0.2) is 59.8 Å². The molecule has 0 spiro atoms. The molecule has 0 aliphatic carbocycles. The molecule has 4 rings (SSSR count). The third kappa shape index (κ3) is 10.5. The number of aliphatic hydroxyl groups excluding tert-OH is 1. The van der Waals surface area contributed by atoms with Gasteiger partial charge in [0.15, 0.2) is 0 Å². The Balaban J connectivity index is 0.00000197. The van der Waals surface area contributed by atoms with Gasteiger partial charge in [-0.25, -0.2) is 9.59 Å². The van der Waals surface area contributed by atoms with Crippen LogP contribution >= 0.6 is 0 Å². The van der Waals surface area contributed by atoms with Gasteiger partial charge in [-0.15, -0.1) is 0 Å². The summed E-state index contributed by atoms with van der Waals surface area (Å²) in [5.41, 5.74) is 3.74. The molecule has 50 heavy (non-hydrogen) atoms. The SMILES string of the molecule is C=CCOC(=O)N1CC(N2CC/C(=C\C(CC)=C(/CO)N3C(=O)C(C)C3C)C2=O)C[C@@H]1c1ccc(CNC(=O)OCC)cc1.C=O.CC.CC. The maximum Gasteiger partial charge on any atom is 0.410 e. The molecule has 3 fully saturated rings. The number of aliphatic hydroxyl groups is 1. The molecule has 2 N–H and O–H groups in total. The van der Waals surface area contributed by atoms with Gasteiger partial charge in [0.2, 0.25) is 11.8 Å². The lowest BCUT2D eigenvalue weighted by atomic mass is 9.88. The highest BCUT2D eigenvalue weighted by Gasteiger charge is 2.45. The predicted molar refractivity (Wildman–Crippen MR) is 194 cm³/mol. The Labute approximate surface area is 298 Å². The molecule has 3 aliphatic heterocycles. The van der Waals surface area contributed by atoms with Gasteiger partial charge in [-0.05, 0) is 55.9 Å². The normalized spacial score (nSPS) is 22.1. The number of allylic oxidation sites excluding steroid dienone is 2. The summed E-state index contributed by atoms with van der Waals surface area (Å²) < 4.78 is 10.3. The van der Waals surface area contributed by atoms with Gasteiger partial charge < -0.3 is 34.5 Å². The van der Waals surface area contributed by atoms with E-state index in [0.29, 0.717) is 56.8 Å². The van der Waals surface area contributed by atoms with E-state index in [1.165, 1.54) is 6.08 Å². The zero-order chi connectivity index (χ0) is 38.0. The van der Waals surface area contributed by atoms with Crippen molar-refractivity contribution >= 4 is 30.8 Å². The first-order valence-corrected chi connectivity index (χ1v) is 17.6. The minimum Gasteiger partial charge on any atom is -0.450 e. The van der Waals surface area contributed by atoms with E-state index in [9.17, 15) is 24.3 Å². The van der Waals surface area contributed by atoms with Crippen molar-refractivity contribution in [3.63, 3.8) is 0 Å². The zero-order valence-corrected chi connectivity index (χ0v) is 31.2. The predicted octanol–water partition coefficient (Wildman–Crippen LogP) is 5.92. The summed E-state index contributed by atoms with van der Waals surface area (Å²) in [6.07, 6.45) is 4.03. The molecule has 0 radical (unpaired) electrons. The van der Waals surface area contributed by atoms with Crippen molar-refractivity contribution in [1.29, 1.82) is 0 Å². The number of β-lactam (4-membered cyclic amide) rings is 1. The lowest BCUT2D eigenvalue weighted by Gasteiger charge is -2.45. The van der Waals surface area contributed by atoms with Crippen LogP contribution in [0.2, 0.25) is 0 Å². The molecule has 1 aromatic rings. The number of hydrogen-bond donors (Lipinski definition) is 2. The average Bonchev–Trinajstić information content (AvgIpc) is 3.76. The number of nitrogens with one attached hydrogen (secondary N) is 1. The number of ether oxygens (including phenoxy) is 2. The molecule has 1 aromatic carbocycles. The van der Waals surface area contributed by atoms with Crippen LogP contribution in [-0.4, -0.2) is 95.6 Å². The van der Waals surface area contributed by atoms with E-state index in [-0.39, 0.29) is 49.1 Å². The first-order valence-electron chi connectivity index (χ1n) is 17.6. The average molecular weight is 699 g/mol. The number of benzene rings is 1. The third-order valence-electron chi connectivity index (χ3n) is 8.81. The second-order valence-electron chi connectivity index (χ2n) is 11.4. The number of alkyl carbamates (subject to hydrolysis) is 1. The third-order valence-corrected chi connectivity index (χ3v) is 8.81. The van der Waals surface area contributed by atoms with Gasteiger partial charge in [-0.2, -0.15) is 0 Å². The fourth-order valence-corrected chi connectivity index (χ4v) is 6.18. The van der Waals surface area contributed by atoms with Gasteiger partial charge in [0.1, 0.15) is 13.4 Å². The maximum absolute atomic E-state index is 13.7. The Hall–Kier alpha value is -4.45. The van der Waals surface area contributed by atoms with Crippen molar-refractivity contribution in [3.05, 3.63) is 71.0 Å². The molecule has 3 unspecified atom stereocenters. The summed E-state index contributed by atoms with van der Waals surface area (Å²) in [7, 11) is 0. The number of nitrogens with zero attached hydrogens (tertiary/aromatic N) is 3.